The second kappa shape index (κ2) is 9.43. The Bertz CT molecular complexity index is 686. The van der Waals surface area contributed by atoms with Crippen molar-refractivity contribution in [1.82, 2.24) is 14.1 Å². The summed E-state index contributed by atoms with van der Waals surface area (Å²) in [6.07, 6.45) is 2.15. The third kappa shape index (κ3) is 5.25. The maximum Gasteiger partial charge on any atom is 0.243 e. The molecule has 0 saturated carbocycles. The Kier molecular flexibility index (Phi) is 7.55. The Labute approximate surface area is 155 Å². The van der Waals surface area contributed by atoms with E-state index >= 15 is 0 Å². The van der Waals surface area contributed by atoms with E-state index in [2.05, 4.69) is 11.8 Å². The number of carbonyl (C=O) groups excluding carboxylic acids is 1. The number of hydrogen-bond donors (Lipinski definition) is 0. The summed E-state index contributed by atoms with van der Waals surface area (Å²) in [5.74, 6) is -0.426. The first-order chi connectivity index (χ1) is 12.4. The lowest BCUT2D eigenvalue weighted by molar-refractivity contribution is -0.133. The zero-order valence-corrected chi connectivity index (χ0v) is 16.3. The molecule has 1 saturated heterocycles. The molecule has 1 heterocycles. The molecule has 1 aromatic rings. The van der Waals surface area contributed by atoms with Gasteiger partial charge in [0.1, 0.15) is 5.82 Å². The first-order valence-corrected chi connectivity index (χ1v) is 10.6. The molecule has 1 aromatic carbocycles. The number of likely N-dealkylation sites (N-methyl/N-ethyl adjacent to an activating group) is 1. The second-order valence-electron chi connectivity index (χ2n) is 6.46. The largest absolute Gasteiger partial charge is 0.339 e. The third-order valence-electron chi connectivity index (χ3n) is 4.68. The topological polar surface area (TPSA) is 60.9 Å². The van der Waals surface area contributed by atoms with Gasteiger partial charge in [-0.25, -0.2) is 12.8 Å². The molecular weight excluding hydrogens is 357 g/mol. The minimum Gasteiger partial charge on any atom is -0.339 e. The fourth-order valence-electron chi connectivity index (χ4n) is 2.96. The zero-order valence-electron chi connectivity index (χ0n) is 15.5. The molecule has 0 aliphatic carbocycles. The molecule has 0 bridgehead atoms. The van der Waals surface area contributed by atoms with E-state index in [1.807, 2.05) is 6.92 Å². The van der Waals surface area contributed by atoms with E-state index in [0.717, 1.165) is 38.1 Å². The Morgan fingerprint density at radius 3 is 2.27 bits per heavy atom. The fraction of sp³-hybridized carbons (Fsp3) is 0.611. The van der Waals surface area contributed by atoms with Crippen molar-refractivity contribution in [1.29, 1.82) is 0 Å². The molecule has 1 aliphatic heterocycles. The van der Waals surface area contributed by atoms with Gasteiger partial charge in [-0.2, -0.15) is 4.31 Å². The van der Waals surface area contributed by atoms with Crippen LogP contribution in [-0.4, -0.2) is 74.2 Å². The van der Waals surface area contributed by atoms with Crippen LogP contribution in [0.15, 0.2) is 29.2 Å². The number of amides is 1. The molecular formula is C18H28FN3O3S. The molecule has 1 fully saturated rings. The predicted octanol–water partition coefficient (Wildman–Crippen LogP) is 1.78. The number of hydrogen-bond acceptors (Lipinski definition) is 4. The molecule has 26 heavy (non-hydrogen) atoms. The van der Waals surface area contributed by atoms with E-state index in [0.29, 0.717) is 19.6 Å². The van der Waals surface area contributed by atoms with Gasteiger partial charge >= 0.3 is 0 Å². The Balaban J connectivity index is 1.91. The molecule has 0 spiro atoms. The van der Waals surface area contributed by atoms with E-state index in [9.17, 15) is 17.6 Å². The molecule has 0 unspecified atom stereocenters. The van der Waals surface area contributed by atoms with Gasteiger partial charge in [0, 0.05) is 26.2 Å². The highest BCUT2D eigenvalue weighted by Gasteiger charge is 2.30. The number of benzene rings is 1. The highest BCUT2D eigenvalue weighted by atomic mass is 32.2. The van der Waals surface area contributed by atoms with E-state index in [1.165, 1.54) is 16.4 Å². The number of unbranched alkanes of at least 4 members (excludes halogenated alkanes) is 1. The van der Waals surface area contributed by atoms with E-state index in [4.69, 9.17) is 0 Å². The molecule has 2 rings (SSSR count). The molecule has 0 atom stereocenters. The second-order valence-corrected chi connectivity index (χ2v) is 8.40. The van der Waals surface area contributed by atoms with Gasteiger partial charge < -0.3 is 4.90 Å². The predicted molar refractivity (Wildman–Crippen MR) is 98.8 cm³/mol. The summed E-state index contributed by atoms with van der Waals surface area (Å²) in [5, 5.41) is 0. The van der Waals surface area contributed by atoms with Crippen molar-refractivity contribution in [3.8, 4) is 0 Å². The smallest absolute Gasteiger partial charge is 0.243 e. The molecule has 0 N–H and O–H groups in total. The van der Waals surface area contributed by atoms with E-state index in [1.54, 1.807) is 4.90 Å². The van der Waals surface area contributed by atoms with Crippen molar-refractivity contribution < 1.29 is 17.6 Å². The van der Waals surface area contributed by atoms with Crippen LogP contribution in [0.1, 0.15) is 26.7 Å². The summed E-state index contributed by atoms with van der Waals surface area (Å²) in [6, 6.07) is 4.83. The average Bonchev–Trinajstić information content (AvgIpc) is 2.65. The Hall–Kier alpha value is -1.51. The van der Waals surface area contributed by atoms with E-state index < -0.39 is 15.8 Å². The summed E-state index contributed by atoms with van der Waals surface area (Å²) in [5.41, 5.74) is 0. The van der Waals surface area contributed by atoms with Crippen molar-refractivity contribution in [3.63, 3.8) is 0 Å². The molecule has 0 radical (unpaired) electrons. The van der Waals surface area contributed by atoms with Gasteiger partial charge in [-0.3, -0.25) is 9.69 Å². The van der Waals surface area contributed by atoms with Gasteiger partial charge in [-0.1, -0.05) is 20.3 Å². The van der Waals surface area contributed by atoms with Crippen LogP contribution in [0.25, 0.3) is 0 Å². The van der Waals surface area contributed by atoms with Crippen LogP contribution >= 0.6 is 0 Å². The highest BCUT2D eigenvalue weighted by molar-refractivity contribution is 7.89. The monoisotopic (exact) mass is 385 g/mol. The van der Waals surface area contributed by atoms with E-state index in [-0.39, 0.29) is 23.9 Å². The molecule has 1 amide bonds. The number of sulfonamides is 1. The minimum absolute atomic E-state index is 0.0433. The van der Waals surface area contributed by atoms with Crippen molar-refractivity contribution in [3.05, 3.63) is 30.1 Å². The summed E-state index contributed by atoms with van der Waals surface area (Å²) < 4.78 is 39.6. The van der Waals surface area contributed by atoms with Crippen LogP contribution in [-0.2, 0) is 14.8 Å². The van der Waals surface area contributed by atoms with Gasteiger partial charge in [0.15, 0.2) is 0 Å². The Morgan fingerprint density at radius 1 is 1.12 bits per heavy atom. The lowest BCUT2D eigenvalue weighted by atomic mass is 10.3. The molecule has 6 nitrogen and oxygen atoms in total. The number of rotatable bonds is 8. The summed E-state index contributed by atoms with van der Waals surface area (Å²) in [4.78, 5) is 16.4. The lowest BCUT2D eigenvalue weighted by Gasteiger charge is -2.35. The number of halogens is 1. The standard InChI is InChI=1S/C18H28FN3O3S/c1-3-5-10-20(4-2)15-18(23)21-11-13-22(14-12-21)26(24,25)17-8-6-16(19)7-9-17/h6-9H,3-5,10-15H2,1-2H3. The molecule has 8 heteroatoms. The number of carbonyl (C=O) groups is 1. The first kappa shape index (κ1) is 20.8. The third-order valence-corrected chi connectivity index (χ3v) is 6.59. The normalized spacial score (nSPS) is 16.2. The van der Waals surface area contributed by atoms with Crippen LogP contribution in [0, 0.1) is 5.82 Å². The summed E-state index contributed by atoms with van der Waals surface area (Å²) in [6.45, 7) is 7.53. The average molecular weight is 386 g/mol. The summed E-state index contributed by atoms with van der Waals surface area (Å²) in [7, 11) is -3.65. The van der Waals surface area contributed by atoms with Crippen molar-refractivity contribution in [2.45, 2.75) is 31.6 Å². The number of piperazine rings is 1. The first-order valence-electron chi connectivity index (χ1n) is 9.14. The van der Waals surface area contributed by atoms with Crippen LogP contribution in [0.4, 0.5) is 4.39 Å². The highest BCUT2D eigenvalue weighted by Crippen LogP contribution is 2.18. The lowest BCUT2D eigenvalue weighted by Crippen LogP contribution is -2.52. The molecule has 1 aliphatic rings. The number of nitrogens with zero attached hydrogens (tertiary/aromatic N) is 3. The quantitative estimate of drug-likeness (QED) is 0.684. The maximum atomic E-state index is 13.0. The van der Waals surface area contributed by atoms with Gasteiger partial charge in [0.2, 0.25) is 15.9 Å². The van der Waals surface area contributed by atoms with Crippen LogP contribution in [0.2, 0.25) is 0 Å². The fourth-order valence-corrected chi connectivity index (χ4v) is 4.38. The zero-order chi connectivity index (χ0) is 19.2. The SMILES string of the molecule is CCCCN(CC)CC(=O)N1CCN(S(=O)(=O)c2ccc(F)cc2)CC1. The van der Waals surface area contributed by atoms with Crippen LogP contribution in [0.3, 0.4) is 0 Å². The summed E-state index contributed by atoms with van der Waals surface area (Å²) >= 11 is 0. The van der Waals surface area contributed by atoms with Gasteiger partial charge in [-0.15, -0.1) is 0 Å². The van der Waals surface area contributed by atoms with Crippen molar-refractivity contribution in [2.75, 3.05) is 45.8 Å². The van der Waals surface area contributed by atoms with Gasteiger partial charge in [0.25, 0.3) is 0 Å². The van der Waals surface area contributed by atoms with Crippen LogP contribution < -0.4 is 0 Å². The Morgan fingerprint density at radius 2 is 1.73 bits per heavy atom. The van der Waals surface area contributed by atoms with Crippen molar-refractivity contribution in [2.24, 2.45) is 0 Å². The molecule has 0 aromatic heterocycles. The van der Waals surface area contributed by atoms with Crippen LogP contribution in [0.5, 0.6) is 0 Å². The van der Waals surface area contributed by atoms with Crippen molar-refractivity contribution >= 4 is 15.9 Å². The van der Waals surface area contributed by atoms with Gasteiger partial charge in [-0.05, 0) is 43.8 Å². The maximum absolute atomic E-state index is 13.0. The molecule has 146 valence electrons. The minimum atomic E-state index is -3.65. The van der Waals surface area contributed by atoms with Gasteiger partial charge in [0.05, 0.1) is 11.4 Å².